The zero-order valence-electron chi connectivity index (χ0n) is 17.0. The van der Waals surface area contributed by atoms with Gasteiger partial charge in [0.1, 0.15) is 5.76 Å². The van der Waals surface area contributed by atoms with Crippen LogP contribution in [0.2, 0.25) is 0 Å². The lowest BCUT2D eigenvalue weighted by Crippen LogP contribution is -2.38. The molecule has 1 atom stereocenters. The van der Waals surface area contributed by atoms with Crippen molar-refractivity contribution in [3.63, 3.8) is 0 Å². The predicted molar refractivity (Wildman–Crippen MR) is 102 cm³/mol. The molecule has 1 rings (SSSR count). The second-order valence-electron chi connectivity index (χ2n) is 9.77. The molecule has 0 aliphatic heterocycles. The fourth-order valence-corrected chi connectivity index (χ4v) is 3.72. The van der Waals surface area contributed by atoms with E-state index in [0.717, 1.165) is 18.5 Å². The highest BCUT2D eigenvalue weighted by molar-refractivity contribution is 5.42. The van der Waals surface area contributed by atoms with Crippen LogP contribution >= 0.6 is 0 Å². The molecule has 0 bridgehead atoms. The summed E-state index contributed by atoms with van der Waals surface area (Å²) in [6, 6.07) is 0. The van der Waals surface area contributed by atoms with Gasteiger partial charge < -0.3 is 10.0 Å². The Morgan fingerprint density at radius 2 is 1.65 bits per heavy atom. The minimum atomic E-state index is -0.0369. The molecule has 2 nitrogen and oxygen atoms in total. The summed E-state index contributed by atoms with van der Waals surface area (Å²) in [5.41, 5.74) is 2.45. The van der Waals surface area contributed by atoms with Crippen LogP contribution in [0, 0.1) is 16.2 Å². The summed E-state index contributed by atoms with van der Waals surface area (Å²) in [7, 11) is 4.32. The zero-order valence-corrected chi connectivity index (χ0v) is 17.0. The molecule has 1 N–H and O–H groups in total. The van der Waals surface area contributed by atoms with Crippen molar-refractivity contribution in [2.75, 3.05) is 20.6 Å². The minimum absolute atomic E-state index is 0.00137. The molecular weight excluding hydrogens is 282 g/mol. The Bertz CT molecular complexity index is 471. The standard InChI is InChI=1S/C21H39NO/c1-10-11-12-21(15-22(8)9)13-16(19(2,3)4)18(23)17(14-21)20(5,6)7/h13,23H,10-12,14-15H2,1-9H3. The number of unbranched alkanes of at least 4 members (excludes halogenated alkanes) is 1. The van der Waals surface area contributed by atoms with Gasteiger partial charge in [0.2, 0.25) is 0 Å². The molecule has 0 aromatic heterocycles. The maximum Gasteiger partial charge on any atom is 0.118 e. The number of hydrogen-bond donors (Lipinski definition) is 1. The molecule has 1 unspecified atom stereocenters. The van der Waals surface area contributed by atoms with Gasteiger partial charge in [0.25, 0.3) is 0 Å². The van der Waals surface area contributed by atoms with Crippen molar-refractivity contribution in [1.82, 2.24) is 4.90 Å². The highest BCUT2D eigenvalue weighted by Crippen LogP contribution is 2.50. The summed E-state index contributed by atoms with van der Waals surface area (Å²) in [6.07, 6.45) is 7.02. The molecule has 0 amide bonds. The molecule has 23 heavy (non-hydrogen) atoms. The van der Waals surface area contributed by atoms with E-state index in [9.17, 15) is 5.11 Å². The normalized spacial score (nSPS) is 23.5. The van der Waals surface area contributed by atoms with E-state index < -0.39 is 0 Å². The first-order valence-corrected chi connectivity index (χ1v) is 9.13. The summed E-state index contributed by atoms with van der Waals surface area (Å²) < 4.78 is 0. The Kier molecular flexibility index (Phi) is 6.18. The van der Waals surface area contributed by atoms with Gasteiger partial charge in [-0.15, -0.1) is 0 Å². The third-order valence-electron chi connectivity index (χ3n) is 4.89. The van der Waals surface area contributed by atoms with Gasteiger partial charge in [-0.2, -0.15) is 0 Å². The molecule has 0 fully saturated rings. The smallest absolute Gasteiger partial charge is 0.118 e. The molecule has 0 radical (unpaired) electrons. The van der Waals surface area contributed by atoms with Gasteiger partial charge in [-0.05, 0) is 48.9 Å². The summed E-state index contributed by atoms with van der Waals surface area (Å²) in [6.45, 7) is 16.6. The maximum atomic E-state index is 11.0. The fourth-order valence-electron chi connectivity index (χ4n) is 3.72. The van der Waals surface area contributed by atoms with Gasteiger partial charge in [0, 0.05) is 12.0 Å². The summed E-state index contributed by atoms with van der Waals surface area (Å²) in [4.78, 5) is 2.30. The fraction of sp³-hybridized carbons (Fsp3) is 0.810. The van der Waals surface area contributed by atoms with Crippen molar-refractivity contribution >= 4 is 0 Å². The van der Waals surface area contributed by atoms with Crippen LogP contribution in [-0.2, 0) is 0 Å². The Morgan fingerprint density at radius 3 is 2.04 bits per heavy atom. The number of hydrogen-bond acceptors (Lipinski definition) is 2. The van der Waals surface area contributed by atoms with Gasteiger partial charge in [0.05, 0.1) is 0 Å². The number of aliphatic hydroxyl groups is 1. The average molecular weight is 322 g/mol. The molecule has 1 aliphatic carbocycles. The largest absolute Gasteiger partial charge is 0.508 e. The lowest BCUT2D eigenvalue weighted by molar-refractivity contribution is 0.200. The van der Waals surface area contributed by atoms with Crippen LogP contribution < -0.4 is 0 Å². The van der Waals surface area contributed by atoms with Gasteiger partial charge >= 0.3 is 0 Å². The van der Waals surface area contributed by atoms with E-state index in [1.54, 1.807) is 0 Å². The number of aliphatic hydroxyl groups excluding tert-OH is 1. The van der Waals surface area contributed by atoms with Crippen molar-refractivity contribution < 1.29 is 5.11 Å². The quantitative estimate of drug-likeness (QED) is 0.675. The second-order valence-corrected chi connectivity index (χ2v) is 9.77. The average Bonchev–Trinajstić information content (AvgIpc) is 2.35. The molecule has 0 heterocycles. The summed E-state index contributed by atoms with van der Waals surface area (Å²) in [5.74, 6) is 0.552. The van der Waals surface area contributed by atoms with Gasteiger partial charge in [-0.1, -0.05) is 67.4 Å². The van der Waals surface area contributed by atoms with E-state index >= 15 is 0 Å². The molecule has 134 valence electrons. The number of nitrogens with zero attached hydrogens (tertiary/aromatic N) is 1. The summed E-state index contributed by atoms with van der Waals surface area (Å²) in [5, 5.41) is 11.0. The monoisotopic (exact) mass is 321 g/mol. The van der Waals surface area contributed by atoms with Crippen molar-refractivity contribution in [2.45, 2.75) is 74.1 Å². The molecule has 0 aromatic carbocycles. The number of allylic oxidation sites excluding steroid dienone is 2. The van der Waals surface area contributed by atoms with Gasteiger partial charge in [-0.3, -0.25) is 0 Å². The Hall–Kier alpha value is -0.760. The van der Waals surface area contributed by atoms with Crippen LogP contribution in [0.5, 0.6) is 0 Å². The Balaban J connectivity index is 3.46. The molecule has 0 spiro atoms. The van der Waals surface area contributed by atoms with Gasteiger partial charge in [0.15, 0.2) is 0 Å². The van der Waals surface area contributed by atoms with Crippen LogP contribution in [-0.4, -0.2) is 30.6 Å². The van der Waals surface area contributed by atoms with Crippen LogP contribution in [0.1, 0.15) is 74.1 Å². The molecule has 1 aliphatic rings. The van der Waals surface area contributed by atoms with E-state index in [-0.39, 0.29) is 16.2 Å². The second kappa shape index (κ2) is 7.01. The lowest BCUT2D eigenvalue weighted by atomic mass is 9.64. The highest BCUT2D eigenvalue weighted by atomic mass is 16.3. The molecule has 0 saturated carbocycles. The maximum absolute atomic E-state index is 11.0. The SMILES string of the molecule is CCCCC1(CN(C)C)C=C(C(C)(C)C)C(O)=C(C(C)(C)C)C1. The van der Waals surface area contributed by atoms with Crippen molar-refractivity contribution in [3.05, 3.63) is 23.0 Å². The zero-order chi connectivity index (χ0) is 18.1. The van der Waals surface area contributed by atoms with E-state index in [2.05, 4.69) is 73.5 Å². The molecular formula is C21H39NO. The van der Waals surface area contributed by atoms with E-state index in [4.69, 9.17) is 0 Å². The van der Waals surface area contributed by atoms with Crippen molar-refractivity contribution in [1.29, 1.82) is 0 Å². The molecule has 0 saturated heterocycles. The predicted octanol–water partition coefficient (Wildman–Crippen LogP) is 5.96. The third kappa shape index (κ3) is 5.11. The third-order valence-corrected chi connectivity index (χ3v) is 4.89. The van der Waals surface area contributed by atoms with E-state index in [1.807, 2.05) is 0 Å². The van der Waals surface area contributed by atoms with E-state index in [0.29, 0.717) is 5.76 Å². The van der Waals surface area contributed by atoms with Crippen LogP contribution in [0.3, 0.4) is 0 Å². The molecule has 0 aromatic rings. The first kappa shape index (κ1) is 20.3. The van der Waals surface area contributed by atoms with Crippen molar-refractivity contribution in [2.24, 2.45) is 16.2 Å². The van der Waals surface area contributed by atoms with Gasteiger partial charge in [-0.25, -0.2) is 0 Å². The van der Waals surface area contributed by atoms with E-state index in [1.165, 1.54) is 24.8 Å². The lowest BCUT2D eigenvalue weighted by Gasteiger charge is -2.44. The highest BCUT2D eigenvalue weighted by Gasteiger charge is 2.41. The van der Waals surface area contributed by atoms with Crippen LogP contribution in [0.25, 0.3) is 0 Å². The Morgan fingerprint density at radius 1 is 1.09 bits per heavy atom. The first-order valence-electron chi connectivity index (χ1n) is 9.13. The topological polar surface area (TPSA) is 23.5 Å². The summed E-state index contributed by atoms with van der Waals surface area (Å²) >= 11 is 0. The van der Waals surface area contributed by atoms with Crippen molar-refractivity contribution in [3.8, 4) is 0 Å². The van der Waals surface area contributed by atoms with Crippen LogP contribution in [0.15, 0.2) is 23.0 Å². The molecule has 2 heteroatoms. The minimum Gasteiger partial charge on any atom is -0.508 e. The van der Waals surface area contributed by atoms with Crippen LogP contribution in [0.4, 0.5) is 0 Å². The first-order chi connectivity index (χ1) is 10.3. The number of rotatable bonds is 5. The Labute approximate surface area is 144 Å².